The van der Waals surface area contributed by atoms with E-state index in [1.54, 1.807) is 12.3 Å². The molecule has 0 saturated carbocycles. The fourth-order valence-corrected chi connectivity index (χ4v) is 2.14. The summed E-state index contributed by atoms with van der Waals surface area (Å²) in [6, 6.07) is 1.56. The molecule has 1 aromatic rings. The minimum atomic E-state index is -0.274. The summed E-state index contributed by atoms with van der Waals surface area (Å²) in [4.78, 5) is 6.31. The molecule has 2 heterocycles. The Morgan fingerprint density at radius 1 is 1.33 bits per heavy atom. The zero-order valence-electron chi connectivity index (χ0n) is 8.55. The quantitative estimate of drug-likeness (QED) is 0.770. The second-order valence-corrected chi connectivity index (χ2v) is 4.70. The summed E-state index contributed by atoms with van der Waals surface area (Å²) in [5.74, 6) is -0.274. The molecule has 2 rings (SSSR count). The van der Waals surface area contributed by atoms with Crippen LogP contribution in [0.3, 0.4) is 0 Å². The Hall–Kier alpha value is -0.480. The highest BCUT2D eigenvalue weighted by atomic mass is 79.9. The van der Waals surface area contributed by atoms with Gasteiger partial charge < -0.3 is 0 Å². The highest BCUT2D eigenvalue weighted by Crippen LogP contribution is 2.16. The van der Waals surface area contributed by atoms with Crippen molar-refractivity contribution >= 4 is 15.9 Å². The van der Waals surface area contributed by atoms with Crippen molar-refractivity contribution in [1.29, 1.82) is 0 Å². The van der Waals surface area contributed by atoms with E-state index < -0.39 is 0 Å². The van der Waals surface area contributed by atoms with E-state index in [1.165, 1.54) is 19.3 Å². The Bertz CT molecular complexity index is 337. The molecule has 1 aliphatic rings. The summed E-state index contributed by atoms with van der Waals surface area (Å²) in [7, 11) is 0. The van der Waals surface area contributed by atoms with Crippen LogP contribution < -0.4 is 0 Å². The van der Waals surface area contributed by atoms with Gasteiger partial charge in [-0.05, 0) is 53.5 Å². The summed E-state index contributed by atoms with van der Waals surface area (Å²) in [5.41, 5.74) is 0.956. The number of rotatable bonds is 2. The molecule has 0 aromatic carbocycles. The maximum atomic E-state index is 13.2. The second-order valence-electron chi connectivity index (χ2n) is 3.95. The van der Waals surface area contributed by atoms with Gasteiger partial charge >= 0.3 is 0 Å². The van der Waals surface area contributed by atoms with E-state index in [4.69, 9.17) is 0 Å². The molecule has 0 atom stereocenters. The number of likely N-dealkylation sites (tertiary alicyclic amines) is 1. The van der Waals surface area contributed by atoms with Crippen LogP contribution in [-0.2, 0) is 6.54 Å². The monoisotopic (exact) mass is 272 g/mol. The summed E-state index contributed by atoms with van der Waals surface area (Å²) < 4.78 is 13.5. The summed E-state index contributed by atoms with van der Waals surface area (Å²) in [5, 5.41) is 0. The van der Waals surface area contributed by atoms with Gasteiger partial charge in [0.15, 0.2) is 5.82 Å². The molecular weight excluding hydrogens is 259 g/mol. The largest absolute Gasteiger partial charge is 0.299 e. The molecule has 1 aliphatic heterocycles. The SMILES string of the molecule is Fc1cc(CN2CCCCC2)cnc1Br. The van der Waals surface area contributed by atoms with Gasteiger partial charge in [-0.15, -0.1) is 0 Å². The maximum absolute atomic E-state index is 13.2. The molecule has 0 spiro atoms. The van der Waals surface area contributed by atoms with E-state index in [9.17, 15) is 4.39 Å². The molecule has 1 saturated heterocycles. The molecule has 4 heteroatoms. The highest BCUT2D eigenvalue weighted by Gasteiger charge is 2.11. The zero-order chi connectivity index (χ0) is 10.7. The minimum absolute atomic E-state index is 0.274. The molecule has 0 amide bonds. The van der Waals surface area contributed by atoms with E-state index in [0.29, 0.717) is 4.60 Å². The lowest BCUT2D eigenvalue weighted by molar-refractivity contribution is 0.220. The van der Waals surface area contributed by atoms with Crippen LogP contribution in [-0.4, -0.2) is 23.0 Å². The lowest BCUT2D eigenvalue weighted by atomic mass is 10.1. The van der Waals surface area contributed by atoms with Crippen molar-refractivity contribution in [2.24, 2.45) is 0 Å². The second kappa shape index (κ2) is 5.03. The molecule has 0 N–H and O–H groups in total. The van der Waals surface area contributed by atoms with Gasteiger partial charge in [0.2, 0.25) is 0 Å². The molecule has 1 aromatic heterocycles. The molecule has 0 radical (unpaired) electrons. The van der Waals surface area contributed by atoms with Gasteiger partial charge in [-0.2, -0.15) is 0 Å². The molecule has 0 aliphatic carbocycles. The van der Waals surface area contributed by atoms with Crippen molar-refractivity contribution in [2.45, 2.75) is 25.8 Å². The number of halogens is 2. The van der Waals surface area contributed by atoms with Crippen molar-refractivity contribution in [1.82, 2.24) is 9.88 Å². The normalized spacial score (nSPS) is 18.0. The van der Waals surface area contributed by atoms with Crippen molar-refractivity contribution in [3.63, 3.8) is 0 Å². The Labute approximate surface area is 97.6 Å². The Morgan fingerprint density at radius 3 is 2.73 bits per heavy atom. The standard InChI is InChI=1S/C11H14BrFN2/c12-11-10(13)6-9(7-14-11)8-15-4-2-1-3-5-15/h6-7H,1-5,8H2. The first-order valence-electron chi connectivity index (χ1n) is 5.28. The van der Waals surface area contributed by atoms with Crippen LogP contribution in [0.5, 0.6) is 0 Å². The third-order valence-corrected chi connectivity index (χ3v) is 3.29. The first-order valence-corrected chi connectivity index (χ1v) is 6.07. The molecule has 15 heavy (non-hydrogen) atoms. The topological polar surface area (TPSA) is 16.1 Å². The highest BCUT2D eigenvalue weighted by molar-refractivity contribution is 9.10. The van der Waals surface area contributed by atoms with Gasteiger partial charge in [0, 0.05) is 12.7 Å². The fourth-order valence-electron chi connectivity index (χ4n) is 1.92. The molecule has 82 valence electrons. The van der Waals surface area contributed by atoms with Crippen LogP contribution in [0.2, 0.25) is 0 Å². The van der Waals surface area contributed by atoms with Crippen molar-refractivity contribution in [3.05, 3.63) is 28.2 Å². The Kier molecular flexibility index (Phi) is 3.70. The van der Waals surface area contributed by atoms with Crippen molar-refractivity contribution < 1.29 is 4.39 Å². The summed E-state index contributed by atoms with van der Waals surface area (Å²) >= 11 is 3.05. The van der Waals surface area contributed by atoms with E-state index in [2.05, 4.69) is 25.8 Å². The van der Waals surface area contributed by atoms with E-state index in [0.717, 1.165) is 25.2 Å². The molecule has 0 unspecified atom stereocenters. The van der Waals surface area contributed by atoms with E-state index in [1.807, 2.05) is 0 Å². The van der Waals surface area contributed by atoms with E-state index >= 15 is 0 Å². The predicted octanol–water partition coefficient (Wildman–Crippen LogP) is 2.97. The van der Waals surface area contributed by atoms with Gasteiger partial charge in [-0.25, -0.2) is 9.37 Å². The third kappa shape index (κ3) is 2.98. The summed E-state index contributed by atoms with van der Waals surface area (Å²) in [6.45, 7) is 3.06. The van der Waals surface area contributed by atoms with Crippen LogP contribution in [0.15, 0.2) is 16.9 Å². The minimum Gasteiger partial charge on any atom is -0.299 e. The number of pyridine rings is 1. The van der Waals surface area contributed by atoms with Gasteiger partial charge in [0.1, 0.15) is 4.60 Å². The van der Waals surface area contributed by atoms with Crippen LogP contribution in [0.4, 0.5) is 4.39 Å². The smallest absolute Gasteiger partial charge is 0.156 e. The Balaban J connectivity index is 2.00. The van der Waals surface area contributed by atoms with Crippen LogP contribution in [0, 0.1) is 5.82 Å². The third-order valence-electron chi connectivity index (χ3n) is 2.71. The number of piperidine rings is 1. The average Bonchev–Trinajstić information content (AvgIpc) is 2.25. The molecule has 1 fully saturated rings. The van der Waals surface area contributed by atoms with Gasteiger partial charge in [-0.3, -0.25) is 4.90 Å². The Morgan fingerprint density at radius 2 is 2.07 bits per heavy atom. The lowest BCUT2D eigenvalue weighted by Gasteiger charge is -2.26. The van der Waals surface area contributed by atoms with Crippen LogP contribution >= 0.6 is 15.9 Å². The number of nitrogens with zero attached hydrogens (tertiary/aromatic N) is 2. The average molecular weight is 273 g/mol. The lowest BCUT2D eigenvalue weighted by Crippen LogP contribution is -2.29. The van der Waals surface area contributed by atoms with Crippen LogP contribution in [0.25, 0.3) is 0 Å². The number of hydrogen-bond donors (Lipinski definition) is 0. The number of aromatic nitrogens is 1. The van der Waals surface area contributed by atoms with Gasteiger partial charge in [0.25, 0.3) is 0 Å². The molecule has 2 nitrogen and oxygen atoms in total. The molecule has 0 bridgehead atoms. The maximum Gasteiger partial charge on any atom is 0.156 e. The summed E-state index contributed by atoms with van der Waals surface area (Å²) in [6.07, 6.45) is 5.57. The van der Waals surface area contributed by atoms with Crippen LogP contribution in [0.1, 0.15) is 24.8 Å². The fraction of sp³-hybridized carbons (Fsp3) is 0.545. The first-order chi connectivity index (χ1) is 7.25. The molecular formula is C11H14BrFN2. The first kappa shape index (κ1) is 11.0. The predicted molar refractivity (Wildman–Crippen MR) is 61.0 cm³/mol. The number of hydrogen-bond acceptors (Lipinski definition) is 2. The van der Waals surface area contributed by atoms with E-state index in [-0.39, 0.29) is 5.82 Å². The zero-order valence-corrected chi connectivity index (χ0v) is 10.1. The van der Waals surface area contributed by atoms with Crippen molar-refractivity contribution in [2.75, 3.05) is 13.1 Å². The van der Waals surface area contributed by atoms with Gasteiger partial charge in [0.05, 0.1) is 0 Å². The van der Waals surface area contributed by atoms with Crippen molar-refractivity contribution in [3.8, 4) is 0 Å². The van der Waals surface area contributed by atoms with Gasteiger partial charge in [-0.1, -0.05) is 6.42 Å².